The topological polar surface area (TPSA) is 222 Å². The first kappa shape index (κ1) is 35.8. The van der Waals surface area contributed by atoms with Gasteiger partial charge in [0.05, 0.1) is 41.5 Å². The summed E-state index contributed by atoms with van der Waals surface area (Å²) in [6.45, 7) is 3.42. The molecule has 7 N–H and O–H groups in total. The zero-order valence-corrected chi connectivity index (χ0v) is 28.1. The third kappa shape index (κ3) is 5.47. The van der Waals surface area contributed by atoms with Crippen molar-refractivity contribution < 1.29 is 69.0 Å². The van der Waals surface area contributed by atoms with Gasteiger partial charge in [0.15, 0.2) is 12.6 Å². The number of carbonyl (C=O) groups is 2. The van der Waals surface area contributed by atoms with Crippen LogP contribution in [0.1, 0.15) is 78.1 Å². The minimum absolute atomic E-state index is 0.00470. The van der Waals surface area contributed by atoms with Crippen molar-refractivity contribution in [2.24, 2.45) is 28.6 Å². The summed E-state index contributed by atoms with van der Waals surface area (Å²) in [4.78, 5) is 25.0. The first-order valence-corrected chi connectivity index (χ1v) is 17.9. The Hall–Kier alpha value is -1.56. The Morgan fingerprint density at radius 1 is 0.939 bits per heavy atom. The zero-order valence-electron chi connectivity index (χ0n) is 28.1. The lowest BCUT2D eigenvalue weighted by molar-refractivity contribution is -0.345. The van der Waals surface area contributed by atoms with E-state index in [1.165, 1.54) is 0 Å². The Bertz CT molecular complexity index is 1300. The van der Waals surface area contributed by atoms with E-state index in [9.17, 15) is 45.3 Å². The average Bonchev–Trinajstić information content (AvgIpc) is 3.61. The van der Waals surface area contributed by atoms with Crippen molar-refractivity contribution in [1.29, 1.82) is 0 Å². The van der Waals surface area contributed by atoms with E-state index in [2.05, 4.69) is 6.92 Å². The molecule has 17 atom stereocenters. The van der Waals surface area contributed by atoms with Gasteiger partial charge in [0.1, 0.15) is 43.4 Å². The van der Waals surface area contributed by atoms with Crippen molar-refractivity contribution in [3.05, 3.63) is 11.6 Å². The van der Waals surface area contributed by atoms with Gasteiger partial charge in [-0.05, 0) is 81.6 Å². The highest BCUT2D eigenvalue weighted by Gasteiger charge is 2.71. The highest BCUT2D eigenvalue weighted by molar-refractivity contribution is 5.85. The predicted molar refractivity (Wildman–Crippen MR) is 166 cm³/mol. The summed E-state index contributed by atoms with van der Waals surface area (Å²) in [5.41, 5.74) is -2.94. The molecule has 4 aliphatic carbocycles. The molecule has 3 heterocycles. The van der Waals surface area contributed by atoms with E-state index in [-0.39, 0.29) is 43.2 Å². The summed E-state index contributed by atoms with van der Waals surface area (Å²) in [5.74, 6) is -0.688. The summed E-state index contributed by atoms with van der Waals surface area (Å²) in [5, 5.41) is 75.9. The maximum atomic E-state index is 13.2. The quantitative estimate of drug-likeness (QED) is 0.102. The van der Waals surface area contributed by atoms with Crippen molar-refractivity contribution in [2.75, 3.05) is 13.2 Å². The van der Waals surface area contributed by atoms with E-state index in [1.807, 2.05) is 0 Å². The minimum atomic E-state index is -1.62. The molecule has 0 aromatic rings. The molecule has 0 spiro atoms. The van der Waals surface area contributed by atoms with E-state index >= 15 is 0 Å². The van der Waals surface area contributed by atoms with Crippen LogP contribution in [0.2, 0.25) is 0 Å². The number of rotatable bonds is 7. The van der Waals surface area contributed by atoms with Crippen LogP contribution in [-0.4, -0.2) is 134 Å². The Morgan fingerprint density at radius 3 is 2.37 bits per heavy atom. The maximum absolute atomic E-state index is 13.2. The average molecular weight is 697 g/mol. The van der Waals surface area contributed by atoms with E-state index in [1.54, 1.807) is 13.0 Å². The van der Waals surface area contributed by atoms with E-state index in [0.29, 0.717) is 44.9 Å². The van der Waals surface area contributed by atoms with Gasteiger partial charge in [-0.15, -0.1) is 0 Å². The van der Waals surface area contributed by atoms with Crippen LogP contribution in [-0.2, 0) is 33.3 Å². The molecule has 276 valence electrons. The summed E-state index contributed by atoms with van der Waals surface area (Å²) in [7, 11) is 0. The lowest BCUT2D eigenvalue weighted by Crippen LogP contribution is -2.69. The van der Waals surface area contributed by atoms with Crippen molar-refractivity contribution in [3.63, 3.8) is 0 Å². The van der Waals surface area contributed by atoms with Crippen LogP contribution in [0.4, 0.5) is 0 Å². The Balaban J connectivity index is 1.00. The Labute approximate surface area is 285 Å². The second-order valence-corrected chi connectivity index (χ2v) is 16.1. The molecule has 0 aromatic heterocycles. The molecule has 7 rings (SSSR count). The highest BCUT2D eigenvalue weighted by Crippen LogP contribution is 2.70. The summed E-state index contributed by atoms with van der Waals surface area (Å²) in [6, 6.07) is 0. The SMILES string of the molecule is CC1OC(OC2CC[C@]3(C=O)C4CC[C@]5(C)C(C6=CC(=O)OC6)CCC5(O)C4CCC3(O)C2)CC(O)C1OC1OC(CO)C(O)C(O)C1O. The summed E-state index contributed by atoms with van der Waals surface area (Å²) >= 11 is 0. The Kier molecular flexibility index (Phi) is 9.38. The molecule has 2 saturated heterocycles. The summed E-state index contributed by atoms with van der Waals surface area (Å²) in [6.07, 6.45) is -4.38. The number of aliphatic hydroxyl groups excluding tert-OH is 5. The zero-order chi connectivity index (χ0) is 35.1. The Morgan fingerprint density at radius 2 is 1.69 bits per heavy atom. The fraction of sp³-hybridized carbons (Fsp3) is 0.886. The monoisotopic (exact) mass is 696 g/mol. The molecule has 14 heteroatoms. The number of aliphatic hydroxyl groups is 7. The van der Waals surface area contributed by atoms with Gasteiger partial charge in [-0.3, -0.25) is 0 Å². The van der Waals surface area contributed by atoms with E-state index in [4.69, 9.17) is 23.7 Å². The molecule has 0 bridgehead atoms. The molecule has 3 aliphatic heterocycles. The van der Waals surface area contributed by atoms with Crippen LogP contribution in [0, 0.1) is 28.6 Å². The highest BCUT2D eigenvalue weighted by atomic mass is 16.7. The summed E-state index contributed by atoms with van der Waals surface area (Å²) < 4.78 is 28.9. The molecule has 7 aliphatic rings. The van der Waals surface area contributed by atoms with Crippen molar-refractivity contribution in [3.8, 4) is 0 Å². The van der Waals surface area contributed by atoms with E-state index in [0.717, 1.165) is 18.3 Å². The number of ether oxygens (including phenoxy) is 5. The van der Waals surface area contributed by atoms with E-state index < -0.39 is 90.1 Å². The predicted octanol–water partition coefficient (Wildman–Crippen LogP) is -0.397. The third-order valence-corrected chi connectivity index (χ3v) is 14.0. The first-order chi connectivity index (χ1) is 23.2. The minimum Gasteiger partial charge on any atom is -0.458 e. The number of hydrogen-bond donors (Lipinski definition) is 7. The van der Waals surface area contributed by atoms with Crippen LogP contribution < -0.4 is 0 Å². The molecule has 49 heavy (non-hydrogen) atoms. The fourth-order valence-electron chi connectivity index (χ4n) is 11.3. The first-order valence-electron chi connectivity index (χ1n) is 17.9. The molecule has 0 amide bonds. The molecule has 0 aromatic carbocycles. The smallest absolute Gasteiger partial charge is 0.331 e. The molecule has 0 radical (unpaired) electrons. The number of cyclic esters (lactones) is 1. The molecular weight excluding hydrogens is 644 g/mol. The van der Waals surface area contributed by atoms with Crippen molar-refractivity contribution in [2.45, 2.75) is 151 Å². The number of esters is 1. The number of hydrogen-bond acceptors (Lipinski definition) is 14. The van der Waals surface area contributed by atoms with Gasteiger partial charge in [-0.1, -0.05) is 6.92 Å². The van der Waals surface area contributed by atoms with Crippen molar-refractivity contribution >= 4 is 12.3 Å². The molecular formula is C35H52O14. The van der Waals surface area contributed by atoms with Gasteiger partial charge < -0.3 is 64.2 Å². The van der Waals surface area contributed by atoms with Gasteiger partial charge in [0.2, 0.25) is 0 Å². The van der Waals surface area contributed by atoms with Gasteiger partial charge in [-0.25, -0.2) is 4.79 Å². The number of carbonyl (C=O) groups excluding carboxylic acids is 2. The molecule has 4 saturated carbocycles. The largest absolute Gasteiger partial charge is 0.458 e. The number of fused-ring (bicyclic) bond motifs is 5. The van der Waals surface area contributed by atoms with Gasteiger partial charge in [0.25, 0.3) is 0 Å². The fourth-order valence-corrected chi connectivity index (χ4v) is 11.3. The standard InChI is InChI=1S/C35H52O14/c1-17-30(49-31-29(42)28(41)27(40)24(14-36)48-31)23(38)12-26(46-17)47-19-3-8-33(16-37)21-4-7-32(2)20(18-11-25(39)45-15-18)6-10-35(32,44)22(21)5-9-34(33,43)13-19/h11,16-17,19-24,26-31,36,38,40-44H,3-10,12-15H2,1-2H3/t17?,19?,20?,21?,22?,23?,24?,26?,27?,28?,29?,30?,31?,32-,33+,34?,35?/m1/s1. The van der Waals surface area contributed by atoms with Gasteiger partial charge >= 0.3 is 5.97 Å². The van der Waals surface area contributed by atoms with Crippen LogP contribution in [0.3, 0.4) is 0 Å². The van der Waals surface area contributed by atoms with Gasteiger partial charge in [-0.2, -0.15) is 0 Å². The maximum Gasteiger partial charge on any atom is 0.331 e. The second-order valence-electron chi connectivity index (χ2n) is 16.1. The molecule has 15 unspecified atom stereocenters. The van der Waals surface area contributed by atoms with Crippen molar-refractivity contribution in [1.82, 2.24) is 0 Å². The van der Waals surface area contributed by atoms with Gasteiger partial charge in [0, 0.05) is 24.3 Å². The molecule has 14 nitrogen and oxygen atoms in total. The normalized spacial score (nSPS) is 54.3. The second kappa shape index (κ2) is 12.8. The third-order valence-electron chi connectivity index (χ3n) is 14.0. The lowest BCUT2D eigenvalue weighted by Gasteiger charge is -2.65. The molecule has 6 fully saturated rings. The lowest BCUT2D eigenvalue weighted by atomic mass is 9.41. The van der Waals surface area contributed by atoms with Crippen LogP contribution in [0.5, 0.6) is 0 Å². The van der Waals surface area contributed by atoms with Crippen LogP contribution in [0.15, 0.2) is 11.6 Å². The van der Waals surface area contributed by atoms with Crippen LogP contribution >= 0.6 is 0 Å². The van der Waals surface area contributed by atoms with Crippen LogP contribution in [0.25, 0.3) is 0 Å². The number of aldehydes is 1.